The number of imidazole rings is 1. The molecule has 0 saturated carbocycles. The van der Waals surface area contributed by atoms with Gasteiger partial charge in [0, 0.05) is 51.0 Å². The van der Waals surface area contributed by atoms with E-state index in [4.69, 9.17) is 4.74 Å². The fourth-order valence-corrected chi connectivity index (χ4v) is 4.58. The number of carbonyl (C=O) groups is 1. The Morgan fingerprint density at radius 2 is 1.96 bits per heavy atom. The van der Waals surface area contributed by atoms with Crippen molar-refractivity contribution in [3.05, 3.63) is 53.6 Å². The molecule has 5 heteroatoms. The second kappa shape index (κ2) is 8.26. The average molecular weight is 367 g/mol. The van der Waals surface area contributed by atoms with E-state index in [1.807, 2.05) is 12.4 Å². The van der Waals surface area contributed by atoms with E-state index in [-0.39, 0.29) is 5.92 Å². The van der Waals surface area contributed by atoms with Crippen molar-refractivity contribution in [1.82, 2.24) is 14.5 Å². The first-order chi connectivity index (χ1) is 13.3. The van der Waals surface area contributed by atoms with Crippen LogP contribution in [0.2, 0.25) is 0 Å². The summed E-state index contributed by atoms with van der Waals surface area (Å²) >= 11 is 0. The molecule has 0 unspecified atom stereocenters. The molecule has 1 aliphatic heterocycles. The molecule has 0 N–H and O–H groups in total. The molecular formula is C22H29N3O2. The van der Waals surface area contributed by atoms with Gasteiger partial charge in [0.2, 0.25) is 5.91 Å². The Morgan fingerprint density at radius 3 is 2.74 bits per heavy atom. The molecule has 1 aromatic heterocycles. The summed E-state index contributed by atoms with van der Waals surface area (Å²) in [5.41, 5.74) is 2.78. The van der Waals surface area contributed by atoms with E-state index in [9.17, 15) is 4.79 Å². The van der Waals surface area contributed by atoms with E-state index >= 15 is 0 Å². The van der Waals surface area contributed by atoms with Gasteiger partial charge in [0.15, 0.2) is 0 Å². The van der Waals surface area contributed by atoms with Crippen LogP contribution in [0.1, 0.15) is 42.1 Å². The third-order valence-corrected chi connectivity index (χ3v) is 6.15. The minimum atomic E-state index is 0.153. The number of aryl methyl sites for hydroxylation is 1. The largest absolute Gasteiger partial charge is 0.383 e. The Bertz CT molecular complexity index is 777. The summed E-state index contributed by atoms with van der Waals surface area (Å²) in [6, 6.07) is 8.57. The lowest BCUT2D eigenvalue weighted by molar-refractivity contribution is -0.137. The van der Waals surface area contributed by atoms with E-state index < -0.39 is 0 Å². The molecule has 2 aromatic rings. The van der Waals surface area contributed by atoms with Crippen LogP contribution >= 0.6 is 0 Å². The number of nitrogens with zero attached hydrogens (tertiary/aromatic N) is 3. The Labute approximate surface area is 161 Å². The van der Waals surface area contributed by atoms with Crippen LogP contribution in [-0.4, -0.2) is 47.2 Å². The molecule has 1 amide bonds. The summed E-state index contributed by atoms with van der Waals surface area (Å²) in [6.45, 7) is 3.23. The number of aromatic nitrogens is 2. The maximum absolute atomic E-state index is 13.1. The number of amides is 1. The molecule has 1 aliphatic carbocycles. The van der Waals surface area contributed by atoms with Gasteiger partial charge in [0.05, 0.1) is 6.61 Å². The normalized spacial score (nSPS) is 20.5. The van der Waals surface area contributed by atoms with Crippen LogP contribution in [0.25, 0.3) is 0 Å². The molecule has 0 radical (unpaired) electrons. The average Bonchev–Trinajstić information content (AvgIpc) is 3.20. The molecule has 0 bridgehead atoms. The van der Waals surface area contributed by atoms with Crippen LogP contribution in [0.15, 0.2) is 36.7 Å². The van der Waals surface area contributed by atoms with Crippen molar-refractivity contribution in [2.75, 3.05) is 26.8 Å². The maximum Gasteiger partial charge on any atom is 0.226 e. The molecule has 1 saturated heterocycles. The zero-order valence-electron chi connectivity index (χ0n) is 16.1. The highest BCUT2D eigenvalue weighted by Crippen LogP contribution is 2.31. The van der Waals surface area contributed by atoms with Crippen molar-refractivity contribution in [3.63, 3.8) is 0 Å². The van der Waals surface area contributed by atoms with Crippen LogP contribution in [0, 0.1) is 5.92 Å². The summed E-state index contributed by atoms with van der Waals surface area (Å²) < 4.78 is 7.39. The minimum Gasteiger partial charge on any atom is -0.383 e. The van der Waals surface area contributed by atoms with Gasteiger partial charge in [-0.3, -0.25) is 4.79 Å². The first-order valence-electron chi connectivity index (χ1n) is 10.1. The predicted octanol–water partition coefficient (Wildman–Crippen LogP) is 3.04. The highest BCUT2D eigenvalue weighted by molar-refractivity contribution is 5.79. The lowest BCUT2D eigenvalue weighted by atomic mass is 9.82. The molecule has 1 atom stereocenters. The second-order valence-electron chi connectivity index (χ2n) is 7.78. The summed E-state index contributed by atoms with van der Waals surface area (Å²) in [4.78, 5) is 19.7. The fourth-order valence-electron chi connectivity index (χ4n) is 4.58. The van der Waals surface area contributed by atoms with Crippen molar-refractivity contribution in [2.45, 2.75) is 44.6 Å². The second-order valence-corrected chi connectivity index (χ2v) is 7.78. The molecule has 4 rings (SSSR count). The van der Waals surface area contributed by atoms with Gasteiger partial charge in [-0.1, -0.05) is 24.3 Å². The van der Waals surface area contributed by atoms with Gasteiger partial charge in [-0.05, 0) is 43.2 Å². The monoisotopic (exact) mass is 367 g/mol. The molecular weight excluding hydrogens is 338 g/mol. The molecule has 0 spiro atoms. The van der Waals surface area contributed by atoms with Crippen LogP contribution in [0.3, 0.4) is 0 Å². The SMILES string of the molecule is COCCn1ccnc1C1CCN(C(=O)[C@H]2CCc3ccccc3C2)CC1. The smallest absolute Gasteiger partial charge is 0.226 e. The topological polar surface area (TPSA) is 47.4 Å². The number of rotatable bonds is 5. The van der Waals surface area contributed by atoms with Crippen LogP contribution in [0.4, 0.5) is 0 Å². The molecule has 5 nitrogen and oxygen atoms in total. The Hall–Kier alpha value is -2.14. The molecule has 27 heavy (non-hydrogen) atoms. The molecule has 2 aliphatic rings. The number of hydrogen-bond acceptors (Lipinski definition) is 3. The van der Waals surface area contributed by atoms with E-state index in [1.54, 1.807) is 7.11 Å². The molecule has 1 fully saturated rings. The number of hydrogen-bond donors (Lipinski definition) is 0. The molecule has 1 aromatic carbocycles. The van der Waals surface area contributed by atoms with Gasteiger partial charge in [-0.25, -0.2) is 4.98 Å². The van der Waals surface area contributed by atoms with Gasteiger partial charge >= 0.3 is 0 Å². The third kappa shape index (κ3) is 3.93. The van der Waals surface area contributed by atoms with Gasteiger partial charge in [-0.2, -0.15) is 0 Å². The van der Waals surface area contributed by atoms with Gasteiger partial charge in [0.1, 0.15) is 5.82 Å². The molecule has 2 heterocycles. The molecule has 144 valence electrons. The third-order valence-electron chi connectivity index (χ3n) is 6.15. The maximum atomic E-state index is 13.1. The van der Waals surface area contributed by atoms with Crippen molar-refractivity contribution < 1.29 is 9.53 Å². The zero-order chi connectivity index (χ0) is 18.6. The van der Waals surface area contributed by atoms with Crippen LogP contribution < -0.4 is 0 Å². The number of carbonyl (C=O) groups excluding carboxylic acids is 1. The predicted molar refractivity (Wildman–Crippen MR) is 105 cm³/mol. The zero-order valence-corrected chi connectivity index (χ0v) is 16.1. The van der Waals surface area contributed by atoms with Gasteiger partial charge < -0.3 is 14.2 Å². The summed E-state index contributed by atoms with van der Waals surface area (Å²) in [5.74, 6) is 2.09. The van der Waals surface area contributed by atoms with E-state index in [2.05, 4.69) is 38.7 Å². The highest BCUT2D eigenvalue weighted by Gasteiger charge is 2.31. The first-order valence-corrected chi connectivity index (χ1v) is 10.1. The number of likely N-dealkylation sites (tertiary alicyclic amines) is 1. The Kier molecular flexibility index (Phi) is 5.58. The summed E-state index contributed by atoms with van der Waals surface area (Å²) in [7, 11) is 1.73. The highest BCUT2D eigenvalue weighted by atomic mass is 16.5. The fraction of sp³-hybridized carbons (Fsp3) is 0.545. The summed E-state index contributed by atoms with van der Waals surface area (Å²) in [5, 5.41) is 0. The van der Waals surface area contributed by atoms with Crippen molar-refractivity contribution in [2.24, 2.45) is 5.92 Å². The standard InChI is InChI=1S/C22H29N3O2/c1-27-15-14-24-13-10-23-21(24)18-8-11-25(12-9-18)22(26)20-7-6-17-4-2-3-5-19(17)16-20/h2-5,10,13,18,20H,6-9,11-12,14-16H2,1H3/t20-/m0/s1. The van der Waals surface area contributed by atoms with E-state index in [1.165, 1.54) is 11.1 Å². The number of piperidine rings is 1. The van der Waals surface area contributed by atoms with Crippen LogP contribution in [-0.2, 0) is 28.9 Å². The van der Waals surface area contributed by atoms with Crippen molar-refractivity contribution in [1.29, 1.82) is 0 Å². The van der Waals surface area contributed by atoms with Crippen LogP contribution in [0.5, 0.6) is 0 Å². The number of ether oxygens (including phenoxy) is 1. The van der Waals surface area contributed by atoms with Gasteiger partial charge in [0.25, 0.3) is 0 Å². The number of methoxy groups -OCH3 is 1. The summed E-state index contributed by atoms with van der Waals surface area (Å²) in [6.07, 6.45) is 8.82. The van der Waals surface area contributed by atoms with E-state index in [0.717, 1.165) is 57.6 Å². The lowest BCUT2D eigenvalue weighted by Gasteiger charge is -2.35. The number of benzene rings is 1. The van der Waals surface area contributed by atoms with E-state index in [0.29, 0.717) is 18.4 Å². The Balaban J connectivity index is 1.34. The minimum absolute atomic E-state index is 0.153. The Morgan fingerprint density at radius 1 is 1.19 bits per heavy atom. The lowest BCUT2D eigenvalue weighted by Crippen LogP contribution is -2.43. The quantitative estimate of drug-likeness (QED) is 0.816. The first kappa shape index (κ1) is 18.2. The van der Waals surface area contributed by atoms with Crippen molar-refractivity contribution >= 4 is 5.91 Å². The number of fused-ring (bicyclic) bond motifs is 1. The van der Waals surface area contributed by atoms with Gasteiger partial charge in [-0.15, -0.1) is 0 Å². The van der Waals surface area contributed by atoms with Crippen molar-refractivity contribution in [3.8, 4) is 0 Å².